The molecule has 4 heteroatoms. The van der Waals surface area contributed by atoms with Gasteiger partial charge in [-0.1, -0.05) is 20.4 Å². The number of allylic oxidation sites excluding steroid dienone is 2. The van der Waals surface area contributed by atoms with E-state index in [0.717, 1.165) is 38.0 Å². The van der Waals surface area contributed by atoms with Crippen molar-refractivity contribution < 1.29 is 0 Å². The highest BCUT2D eigenvalue weighted by Crippen LogP contribution is 2.46. The summed E-state index contributed by atoms with van der Waals surface area (Å²) < 4.78 is 0. The van der Waals surface area contributed by atoms with Crippen molar-refractivity contribution in [3.63, 3.8) is 0 Å². The second-order valence-electron chi connectivity index (χ2n) is 8.40. The molecule has 1 aromatic rings. The van der Waals surface area contributed by atoms with Crippen molar-refractivity contribution in [3.8, 4) is 0 Å². The quantitative estimate of drug-likeness (QED) is 0.867. The van der Waals surface area contributed by atoms with Crippen LogP contribution in [0.2, 0.25) is 0 Å². The molecule has 1 aliphatic carbocycles. The number of aromatic amines is 1. The fourth-order valence-electron chi connectivity index (χ4n) is 4.76. The molecule has 134 valence electrons. The van der Waals surface area contributed by atoms with Gasteiger partial charge in [0.25, 0.3) is 0 Å². The van der Waals surface area contributed by atoms with Gasteiger partial charge in [-0.25, -0.2) is 0 Å². The number of hydrogen-bond donors (Lipinski definition) is 2. The predicted octanol–water partition coefficient (Wildman–Crippen LogP) is 4.22. The van der Waals surface area contributed by atoms with Gasteiger partial charge in [0.15, 0.2) is 0 Å². The third kappa shape index (κ3) is 2.54. The maximum atomic E-state index is 4.37. The van der Waals surface area contributed by atoms with E-state index in [9.17, 15) is 0 Å². The zero-order valence-electron chi connectivity index (χ0n) is 16.0. The van der Waals surface area contributed by atoms with Gasteiger partial charge in [-0.05, 0) is 56.2 Å². The van der Waals surface area contributed by atoms with E-state index in [1.165, 1.54) is 34.6 Å². The van der Waals surface area contributed by atoms with Crippen molar-refractivity contribution in [2.45, 2.75) is 53.4 Å². The zero-order valence-corrected chi connectivity index (χ0v) is 16.0. The van der Waals surface area contributed by atoms with Crippen molar-refractivity contribution in [1.29, 1.82) is 0 Å². The zero-order chi connectivity index (χ0) is 17.8. The van der Waals surface area contributed by atoms with Gasteiger partial charge in [-0.15, -0.1) is 0 Å². The number of nitrogens with zero attached hydrogens (tertiary/aromatic N) is 2. The number of nitrogens with one attached hydrogen (secondary N) is 2. The first-order valence-electron chi connectivity index (χ1n) is 9.59. The Morgan fingerprint density at radius 1 is 1.36 bits per heavy atom. The molecule has 1 atom stereocenters. The highest BCUT2D eigenvalue weighted by molar-refractivity contribution is 5.73. The number of aromatic nitrogens is 2. The molecule has 25 heavy (non-hydrogen) atoms. The van der Waals surface area contributed by atoms with Gasteiger partial charge in [0.1, 0.15) is 0 Å². The summed E-state index contributed by atoms with van der Waals surface area (Å²) in [5, 5.41) is 11.1. The van der Waals surface area contributed by atoms with Gasteiger partial charge in [0.05, 0.1) is 17.6 Å². The Morgan fingerprint density at radius 2 is 2.16 bits per heavy atom. The first kappa shape index (κ1) is 16.5. The largest absolute Gasteiger partial charge is 0.374 e. The molecule has 0 spiro atoms. The molecule has 0 amide bonds. The topological polar surface area (TPSA) is 44.0 Å². The molecule has 3 heterocycles. The lowest BCUT2D eigenvalue weighted by Crippen LogP contribution is -2.26. The van der Waals surface area contributed by atoms with Crippen LogP contribution >= 0.6 is 0 Å². The normalized spacial score (nSPS) is 25.2. The Kier molecular flexibility index (Phi) is 3.82. The SMILES string of the molecule is C=C1NC2=C(CCCc3cn[nH]c32)C1CC1=C(C)C(C)(C)CN1CC. The molecular weight excluding hydrogens is 308 g/mol. The summed E-state index contributed by atoms with van der Waals surface area (Å²) in [4.78, 5) is 2.57. The first-order valence-corrected chi connectivity index (χ1v) is 9.59. The van der Waals surface area contributed by atoms with Crippen LogP contribution in [0.4, 0.5) is 0 Å². The van der Waals surface area contributed by atoms with Crippen molar-refractivity contribution >= 4 is 5.70 Å². The number of H-pyrrole nitrogens is 1. The Balaban J connectivity index is 1.70. The average Bonchev–Trinajstić information content (AvgIpc) is 3.17. The summed E-state index contributed by atoms with van der Waals surface area (Å²) in [6, 6.07) is 0. The van der Waals surface area contributed by atoms with Crippen LogP contribution in [0.5, 0.6) is 0 Å². The van der Waals surface area contributed by atoms with E-state index in [4.69, 9.17) is 0 Å². The standard InChI is InChI=1S/C21H30N4/c1-6-25-12-21(4,5)13(2)18(25)10-17-14(3)23-20-16(17)9-7-8-15-11-22-24-19(15)20/h11,17,23H,3,6-10,12H2,1-2,4-5H3,(H,22,24). The molecule has 1 unspecified atom stereocenters. The third-order valence-corrected chi connectivity index (χ3v) is 6.50. The molecule has 4 nitrogen and oxygen atoms in total. The van der Waals surface area contributed by atoms with E-state index in [1.807, 2.05) is 6.20 Å². The molecule has 2 N–H and O–H groups in total. The van der Waals surface area contributed by atoms with Crippen LogP contribution in [0.15, 0.2) is 35.3 Å². The van der Waals surface area contributed by atoms with Crippen LogP contribution in [0, 0.1) is 11.3 Å². The summed E-state index contributed by atoms with van der Waals surface area (Å²) in [5.74, 6) is 0.400. The van der Waals surface area contributed by atoms with Gasteiger partial charge in [0, 0.05) is 35.8 Å². The van der Waals surface area contributed by atoms with Crippen LogP contribution in [0.3, 0.4) is 0 Å². The number of rotatable bonds is 3. The second-order valence-corrected chi connectivity index (χ2v) is 8.40. The molecule has 3 aliphatic rings. The Bertz CT molecular complexity index is 778. The van der Waals surface area contributed by atoms with Crippen molar-refractivity contribution in [3.05, 3.63) is 46.6 Å². The van der Waals surface area contributed by atoms with E-state index >= 15 is 0 Å². The van der Waals surface area contributed by atoms with Gasteiger partial charge in [-0.2, -0.15) is 5.10 Å². The van der Waals surface area contributed by atoms with Crippen LogP contribution < -0.4 is 5.32 Å². The second kappa shape index (κ2) is 5.79. The summed E-state index contributed by atoms with van der Waals surface area (Å²) in [6.45, 7) is 15.9. The van der Waals surface area contributed by atoms with Gasteiger partial charge in [0.2, 0.25) is 0 Å². The van der Waals surface area contributed by atoms with Crippen molar-refractivity contribution in [1.82, 2.24) is 20.4 Å². The maximum absolute atomic E-state index is 4.37. The van der Waals surface area contributed by atoms with Gasteiger partial charge >= 0.3 is 0 Å². The summed E-state index contributed by atoms with van der Waals surface area (Å²) in [5.41, 5.74) is 9.78. The van der Waals surface area contributed by atoms with Crippen molar-refractivity contribution in [2.75, 3.05) is 13.1 Å². The predicted molar refractivity (Wildman–Crippen MR) is 103 cm³/mol. The molecule has 0 fully saturated rings. The van der Waals surface area contributed by atoms with E-state index < -0.39 is 0 Å². The van der Waals surface area contributed by atoms with Crippen LogP contribution in [-0.4, -0.2) is 28.2 Å². The van der Waals surface area contributed by atoms with E-state index in [0.29, 0.717) is 5.92 Å². The molecule has 0 aromatic carbocycles. The molecule has 2 aliphatic heterocycles. The lowest BCUT2D eigenvalue weighted by Gasteiger charge is -2.25. The van der Waals surface area contributed by atoms with Crippen LogP contribution in [0.1, 0.15) is 58.2 Å². The fraction of sp³-hybridized carbons (Fsp3) is 0.571. The molecule has 0 bridgehead atoms. The lowest BCUT2D eigenvalue weighted by atomic mass is 9.84. The van der Waals surface area contributed by atoms with Crippen molar-refractivity contribution in [2.24, 2.45) is 11.3 Å². The van der Waals surface area contributed by atoms with Crippen LogP contribution in [0.25, 0.3) is 5.70 Å². The third-order valence-electron chi connectivity index (χ3n) is 6.50. The highest BCUT2D eigenvalue weighted by Gasteiger charge is 2.38. The number of aryl methyl sites for hydroxylation is 1. The smallest absolute Gasteiger partial charge is 0.0844 e. The Labute approximate surface area is 151 Å². The molecular formula is C21H30N4. The molecule has 0 radical (unpaired) electrons. The summed E-state index contributed by atoms with van der Waals surface area (Å²) in [6.07, 6.45) is 6.50. The van der Waals surface area contributed by atoms with E-state index in [1.54, 1.807) is 5.57 Å². The number of fused-ring (bicyclic) bond motifs is 2. The van der Waals surface area contributed by atoms with Crippen LogP contribution in [-0.2, 0) is 6.42 Å². The van der Waals surface area contributed by atoms with Gasteiger partial charge < -0.3 is 10.2 Å². The summed E-state index contributed by atoms with van der Waals surface area (Å²) in [7, 11) is 0. The minimum Gasteiger partial charge on any atom is -0.374 e. The summed E-state index contributed by atoms with van der Waals surface area (Å²) >= 11 is 0. The Hall–Kier alpha value is -1.97. The minimum atomic E-state index is 0.274. The van der Waals surface area contributed by atoms with E-state index in [-0.39, 0.29) is 5.41 Å². The molecule has 4 rings (SSSR count). The molecule has 0 saturated carbocycles. The molecule has 1 aromatic heterocycles. The Morgan fingerprint density at radius 3 is 2.92 bits per heavy atom. The van der Waals surface area contributed by atoms with E-state index in [2.05, 4.69) is 54.7 Å². The molecule has 0 saturated heterocycles. The fourth-order valence-corrected chi connectivity index (χ4v) is 4.76. The average molecular weight is 338 g/mol. The highest BCUT2D eigenvalue weighted by atomic mass is 15.2. The first-order chi connectivity index (χ1) is 11.9. The maximum Gasteiger partial charge on any atom is 0.0844 e. The minimum absolute atomic E-state index is 0.274. The van der Waals surface area contributed by atoms with Gasteiger partial charge in [-0.3, -0.25) is 5.10 Å². The number of hydrogen-bond acceptors (Lipinski definition) is 3. The monoisotopic (exact) mass is 338 g/mol. The lowest BCUT2D eigenvalue weighted by molar-refractivity contribution is 0.300.